The highest BCUT2D eigenvalue weighted by Crippen LogP contribution is 2.40. The van der Waals surface area contributed by atoms with Crippen LogP contribution in [0, 0.1) is 69.5 Å². The maximum absolute atomic E-state index is 13.2. The molecule has 0 radical (unpaired) electrons. The highest BCUT2D eigenvalue weighted by Gasteiger charge is 2.53. The smallest absolute Gasteiger partial charge is 0.323 e. The number of hydrogen-bond donors (Lipinski definition) is 6. The summed E-state index contributed by atoms with van der Waals surface area (Å²) < 4.78 is 8.64. The fourth-order valence-corrected chi connectivity index (χ4v) is 17.3. The number of aliphatic hydroxyl groups excluding tert-OH is 1. The van der Waals surface area contributed by atoms with Crippen LogP contribution in [0.5, 0.6) is 5.75 Å². The van der Waals surface area contributed by atoms with Crippen LogP contribution in [0.4, 0.5) is 4.79 Å². The van der Waals surface area contributed by atoms with Crippen LogP contribution in [-0.2, 0) is 73.8 Å². The van der Waals surface area contributed by atoms with Gasteiger partial charge in [-0.2, -0.15) is 10.2 Å². The number of fused-ring (bicyclic) bond motifs is 4. The molecule has 13 amide bonds. The van der Waals surface area contributed by atoms with Crippen molar-refractivity contribution in [1.29, 1.82) is 0 Å². The lowest BCUT2D eigenvalue weighted by atomic mass is 9.85. The molecule has 0 bridgehead atoms. The molecular formula is C97H85N17O14S. The molecule has 32 heteroatoms. The second-order valence-corrected chi connectivity index (χ2v) is 33.8. The van der Waals surface area contributed by atoms with Crippen molar-refractivity contribution in [2.24, 2.45) is 36.3 Å². The van der Waals surface area contributed by atoms with E-state index in [2.05, 4.69) is 111 Å². The molecule has 5 fully saturated rings. The highest BCUT2D eigenvalue weighted by molar-refractivity contribution is 7.98. The van der Waals surface area contributed by atoms with E-state index in [1.54, 1.807) is 146 Å². The number of likely N-dealkylation sites (tertiary alicyclic amines) is 1. The molecule has 6 N–H and O–H groups in total. The van der Waals surface area contributed by atoms with Crippen molar-refractivity contribution in [3.8, 4) is 75.4 Å². The van der Waals surface area contributed by atoms with Gasteiger partial charge in [0.2, 0.25) is 41.0 Å². The molecule has 0 aliphatic carbocycles. The Morgan fingerprint density at radius 2 is 0.853 bits per heavy atom. The van der Waals surface area contributed by atoms with E-state index in [9.17, 15) is 62.6 Å². The van der Waals surface area contributed by atoms with Crippen molar-refractivity contribution >= 4 is 82.8 Å². The average molecular weight is 1740 g/mol. The topological polar surface area (TPSA) is 385 Å². The number of nitrogens with zero attached hydrogens (tertiary/aromatic N) is 12. The lowest BCUT2D eigenvalue weighted by molar-refractivity contribution is -0.128. The van der Waals surface area contributed by atoms with Gasteiger partial charge in [-0.1, -0.05) is 95.9 Å². The fourth-order valence-electron chi connectivity index (χ4n) is 16.8. The standard InChI is InChI=1S/C28H30N4O5.2C24H19N5O3.C21H17N3O3S/c1-31-13-10-20(11-14-31)24(33)19-5-3-18(4-6-19)9-12-28(26(35)29-27(36)30-28)17-32-16-21-7-8-22(37-2)15-23(21)25(32)34;2*1-28-13-19(12-26-28)17-4-5-18-14-29(22(31)20(18)9-17)15-24(10-21(30)27-23(24)32)7-6-16-3-2-8-25-11-16;1-28-16-5-4-15-12-24(19(26)17(15)9-16)13-21(10-18(25)23-20(21)27)7-6-14-3-2-8-22-11-14/h3-8,15,20,24,33H,10-11,13-14,16-17H2,1-2H3,(H2,29,30,35,36);2*2-5,8-9,11-13H,10,14-15H2,1H3,(H,27,30,32);2-5,8-9,11H,10,12-13H2,1H3,(H,23,25,27)/t24?,28-;2*24-;21-/m1101/s1. The van der Waals surface area contributed by atoms with E-state index >= 15 is 0 Å². The van der Waals surface area contributed by atoms with Crippen molar-refractivity contribution in [2.75, 3.05) is 59.7 Å². The van der Waals surface area contributed by atoms with E-state index in [4.69, 9.17) is 4.74 Å². The predicted molar refractivity (Wildman–Crippen MR) is 469 cm³/mol. The van der Waals surface area contributed by atoms with Crippen molar-refractivity contribution in [3.05, 3.63) is 268 Å². The average Bonchev–Trinajstić information content (AvgIpc) is 2.35. The summed E-state index contributed by atoms with van der Waals surface area (Å²) in [5.41, 5.74) is 7.40. The van der Waals surface area contributed by atoms with Crippen LogP contribution < -0.4 is 31.3 Å². The first-order chi connectivity index (χ1) is 62.1. The predicted octanol–water partition coefficient (Wildman–Crippen LogP) is 6.55. The molecule has 648 valence electrons. The molecule has 5 aromatic heterocycles. The quantitative estimate of drug-likeness (QED) is 0.0291. The Kier molecular flexibility index (Phi) is 24.7. The summed E-state index contributed by atoms with van der Waals surface area (Å²) in [6, 6.07) is 39.7. The Hall–Kier alpha value is -15.5. The van der Waals surface area contributed by atoms with E-state index in [0.717, 1.165) is 80.9 Å². The summed E-state index contributed by atoms with van der Waals surface area (Å²) in [5.74, 6) is 20.6. The molecule has 5 aromatic carbocycles. The van der Waals surface area contributed by atoms with Crippen LogP contribution in [0.3, 0.4) is 0 Å². The SMILES string of the molecule is COc1ccc2c(c1)C(=O)N(C[C@@]1(C#Cc3ccc(C(O)C4CCN(C)CC4)cc3)NC(=O)NC1=O)C2.CSc1ccc2c(c1)C(=O)N(C[C@@]1(C#Cc3cccnc3)CC(=O)NC1=O)C2.Cn1cc(-c2ccc3c(c2)C(=O)N(C[C@@]2(C#Cc4cccnc4)CC(=O)NC2=O)C3)cn1.Cn1cc(-c2ccc3c(c2)C(=O)N(C[C@]2(C#Cc4cccnc4)CC(=O)NC2=O)C3)cn1. The van der Waals surface area contributed by atoms with Gasteiger partial charge in [0.25, 0.3) is 29.5 Å². The van der Waals surface area contributed by atoms with E-state index in [1.807, 2.05) is 106 Å². The third-order valence-corrected chi connectivity index (χ3v) is 24.6. The zero-order chi connectivity index (χ0) is 90.5. The Bertz CT molecular complexity index is 6320. The van der Waals surface area contributed by atoms with Gasteiger partial charge in [0.15, 0.2) is 0 Å². The monoisotopic (exact) mass is 1740 g/mol. The van der Waals surface area contributed by atoms with E-state index in [-0.39, 0.29) is 80.9 Å². The number of aliphatic hydroxyl groups is 1. The van der Waals surface area contributed by atoms with E-state index < -0.39 is 69.4 Å². The molecule has 0 saturated carbocycles. The van der Waals surface area contributed by atoms with Crippen LogP contribution in [0.25, 0.3) is 22.3 Å². The number of ether oxygens (including phenoxy) is 1. The van der Waals surface area contributed by atoms with Crippen molar-refractivity contribution in [1.82, 2.24) is 85.6 Å². The molecule has 31 nitrogen and oxygen atoms in total. The van der Waals surface area contributed by atoms with Gasteiger partial charge in [0.1, 0.15) is 22.0 Å². The number of benzene rings is 5. The van der Waals surface area contributed by atoms with Gasteiger partial charge in [-0.25, -0.2) is 4.79 Å². The van der Waals surface area contributed by atoms with Gasteiger partial charge in [-0.05, 0) is 169 Å². The van der Waals surface area contributed by atoms with Crippen LogP contribution >= 0.6 is 11.8 Å². The number of pyridine rings is 3. The number of methoxy groups -OCH3 is 1. The van der Waals surface area contributed by atoms with Gasteiger partial charge >= 0.3 is 6.03 Å². The third kappa shape index (κ3) is 18.8. The number of hydrogen-bond acceptors (Lipinski definition) is 21. The first-order valence-electron chi connectivity index (χ1n) is 41.4. The van der Waals surface area contributed by atoms with E-state index in [0.29, 0.717) is 76.4 Å². The zero-order valence-electron chi connectivity index (χ0n) is 70.8. The molecule has 0 spiro atoms. The number of thioether (sulfide) groups is 1. The number of imide groups is 4. The number of rotatable bonds is 14. The van der Waals surface area contributed by atoms with Gasteiger partial charge in [0.05, 0.1) is 51.4 Å². The number of amides is 13. The third-order valence-electron chi connectivity index (χ3n) is 23.9. The molecule has 5 saturated heterocycles. The normalized spacial score (nSPS) is 20.7. The highest BCUT2D eigenvalue weighted by atomic mass is 32.2. The van der Waals surface area contributed by atoms with Crippen LogP contribution in [0.2, 0.25) is 0 Å². The van der Waals surface area contributed by atoms with E-state index in [1.165, 1.54) is 12.0 Å². The van der Waals surface area contributed by atoms with Crippen molar-refractivity contribution in [3.63, 3.8) is 0 Å². The Morgan fingerprint density at radius 3 is 1.22 bits per heavy atom. The number of piperidine rings is 1. The summed E-state index contributed by atoms with van der Waals surface area (Å²) in [5, 5.41) is 31.1. The summed E-state index contributed by atoms with van der Waals surface area (Å²) >= 11 is 1.57. The largest absolute Gasteiger partial charge is 0.497 e. The summed E-state index contributed by atoms with van der Waals surface area (Å²) in [6.45, 7) is 3.41. The summed E-state index contributed by atoms with van der Waals surface area (Å²) in [4.78, 5) is 173. The van der Waals surface area contributed by atoms with Crippen LogP contribution in [0.15, 0.2) is 200 Å². The Labute approximate surface area is 745 Å². The Morgan fingerprint density at radius 1 is 0.450 bits per heavy atom. The molecule has 5 atom stereocenters. The first-order valence-corrected chi connectivity index (χ1v) is 42.6. The molecule has 1 unspecified atom stereocenters. The maximum Gasteiger partial charge on any atom is 0.323 e. The summed E-state index contributed by atoms with van der Waals surface area (Å²) in [6.07, 6.45) is 20.0. The Balaban J connectivity index is 0.000000127. The minimum atomic E-state index is -1.58. The fraction of sp³-hybridized carbons (Fsp3) is 0.268. The molecule has 129 heavy (non-hydrogen) atoms. The van der Waals surface area contributed by atoms with Crippen molar-refractivity contribution < 1.29 is 67.4 Å². The molecule has 14 heterocycles. The number of carbonyl (C=O) groups excluding carboxylic acids is 12. The van der Waals surface area contributed by atoms with Crippen molar-refractivity contribution in [2.45, 2.75) is 74.8 Å². The lowest BCUT2D eigenvalue weighted by Gasteiger charge is -2.32. The van der Waals surface area contributed by atoms with Gasteiger partial charge in [-0.3, -0.25) is 98.3 Å². The lowest BCUT2D eigenvalue weighted by Crippen LogP contribution is -2.54. The number of aromatic nitrogens is 7. The molecule has 10 aromatic rings. The maximum atomic E-state index is 13.2. The zero-order valence-corrected chi connectivity index (χ0v) is 71.6. The summed E-state index contributed by atoms with van der Waals surface area (Å²) in [7, 11) is 7.29. The van der Waals surface area contributed by atoms with Crippen LogP contribution in [0.1, 0.15) is 130 Å². The molecular weight excluding hydrogens is 1660 g/mol. The molecule has 19 rings (SSSR count). The second-order valence-electron chi connectivity index (χ2n) is 32.9. The number of nitrogens with one attached hydrogen (secondary N) is 5. The minimum Gasteiger partial charge on any atom is -0.497 e. The minimum absolute atomic E-state index is 0.0353. The number of aryl methyl sites for hydroxylation is 2. The molecule has 9 aliphatic rings. The number of urea groups is 1. The first kappa shape index (κ1) is 87.0. The van der Waals surface area contributed by atoms with Gasteiger partial charge < -0.3 is 39.7 Å². The molecule has 9 aliphatic heterocycles. The van der Waals surface area contributed by atoms with Gasteiger partial charge in [-0.15, -0.1) is 11.8 Å². The second kappa shape index (κ2) is 36.6. The number of carbonyl (C=O) groups is 12. The van der Waals surface area contributed by atoms with Gasteiger partial charge in [0, 0.05) is 170 Å². The van der Waals surface area contributed by atoms with Crippen LogP contribution in [-0.4, -0.2) is 200 Å².